The largest absolute Gasteiger partial charge is 0.293 e. The van der Waals surface area contributed by atoms with Gasteiger partial charge in [0.2, 0.25) is 5.03 Å². The number of rotatable bonds is 4. The van der Waals surface area contributed by atoms with Gasteiger partial charge in [0.1, 0.15) is 5.69 Å². The van der Waals surface area contributed by atoms with Gasteiger partial charge in [-0.1, -0.05) is 0 Å². The van der Waals surface area contributed by atoms with Crippen LogP contribution in [0.25, 0.3) is 0 Å². The Labute approximate surface area is 112 Å². The van der Waals surface area contributed by atoms with Gasteiger partial charge in [0.15, 0.2) is 16.7 Å². The number of thiazole rings is 1. The minimum absolute atomic E-state index is 0.0183. The molecule has 0 aliphatic rings. The number of ketones is 1. The Morgan fingerprint density at radius 2 is 2.21 bits per heavy atom. The van der Waals surface area contributed by atoms with Crippen LogP contribution in [0.15, 0.2) is 28.7 Å². The highest BCUT2D eigenvalue weighted by molar-refractivity contribution is 7.92. The molecule has 0 aliphatic carbocycles. The van der Waals surface area contributed by atoms with Gasteiger partial charge in [-0.15, -0.1) is 11.3 Å². The Kier molecular flexibility index (Phi) is 3.58. The van der Waals surface area contributed by atoms with Crippen molar-refractivity contribution in [2.24, 2.45) is 0 Å². The first-order chi connectivity index (χ1) is 8.90. The van der Waals surface area contributed by atoms with Crippen molar-refractivity contribution in [3.8, 4) is 0 Å². The van der Waals surface area contributed by atoms with Gasteiger partial charge in [0, 0.05) is 18.5 Å². The highest BCUT2D eigenvalue weighted by Crippen LogP contribution is 2.20. The molecule has 2 heterocycles. The molecule has 100 valence electrons. The van der Waals surface area contributed by atoms with Gasteiger partial charge >= 0.3 is 0 Å². The molecule has 0 fully saturated rings. The fraction of sp³-hybridized carbons (Fsp3) is 0.100. The number of carbonyl (C=O) groups excluding carboxylic acids is 1. The molecular weight excluding hydrogens is 293 g/mol. The Balaban J connectivity index is 2.31. The Hall–Kier alpha value is -1.87. The molecule has 0 aromatic carbocycles. The van der Waals surface area contributed by atoms with Crippen LogP contribution in [0.1, 0.15) is 17.4 Å². The third-order valence-electron chi connectivity index (χ3n) is 2.07. The van der Waals surface area contributed by atoms with Crippen molar-refractivity contribution in [2.45, 2.75) is 11.9 Å². The maximum atomic E-state index is 13.4. The molecule has 19 heavy (non-hydrogen) atoms. The summed E-state index contributed by atoms with van der Waals surface area (Å²) in [5.41, 5.74) is 0.143. The second-order valence-electron chi connectivity index (χ2n) is 3.49. The molecule has 0 unspecified atom stereocenters. The monoisotopic (exact) mass is 301 g/mol. The van der Waals surface area contributed by atoms with Crippen LogP contribution in [0.4, 0.5) is 9.52 Å². The van der Waals surface area contributed by atoms with E-state index in [1.54, 1.807) is 0 Å². The molecule has 2 rings (SSSR count). The second kappa shape index (κ2) is 5.02. The van der Waals surface area contributed by atoms with Crippen LogP contribution in [0.2, 0.25) is 0 Å². The van der Waals surface area contributed by atoms with Crippen LogP contribution in [-0.2, 0) is 10.0 Å². The summed E-state index contributed by atoms with van der Waals surface area (Å²) < 4.78 is 39.2. The SMILES string of the molecule is CC(=O)c1csc(NS(=O)(=O)c2ncccc2F)n1. The van der Waals surface area contributed by atoms with E-state index in [-0.39, 0.29) is 16.6 Å². The van der Waals surface area contributed by atoms with Crippen molar-refractivity contribution in [2.75, 3.05) is 4.72 Å². The third-order valence-corrected chi connectivity index (χ3v) is 4.22. The lowest BCUT2D eigenvalue weighted by Crippen LogP contribution is -2.16. The average Bonchev–Trinajstić information content (AvgIpc) is 2.77. The van der Waals surface area contributed by atoms with E-state index >= 15 is 0 Å². The van der Waals surface area contributed by atoms with E-state index in [2.05, 4.69) is 14.7 Å². The molecule has 0 aliphatic heterocycles. The number of Topliss-reactive ketones (excluding diaryl/α,β-unsaturated/α-hetero) is 1. The topological polar surface area (TPSA) is 89.0 Å². The minimum atomic E-state index is -4.16. The third kappa shape index (κ3) is 2.93. The van der Waals surface area contributed by atoms with Crippen molar-refractivity contribution in [3.05, 3.63) is 35.2 Å². The molecule has 0 amide bonds. The zero-order valence-corrected chi connectivity index (χ0v) is 11.3. The number of nitrogens with zero attached hydrogens (tertiary/aromatic N) is 2. The Morgan fingerprint density at radius 3 is 2.79 bits per heavy atom. The molecule has 6 nitrogen and oxygen atoms in total. The molecule has 0 bridgehead atoms. The number of hydrogen-bond acceptors (Lipinski definition) is 6. The molecule has 2 aromatic heterocycles. The van der Waals surface area contributed by atoms with Crippen molar-refractivity contribution in [1.29, 1.82) is 0 Å². The van der Waals surface area contributed by atoms with Gasteiger partial charge in [-0.2, -0.15) is 8.42 Å². The normalized spacial score (nSPS) is 11.3. The van der Waals surface area contributed by atoms with Crippen LogP contribution in [0, 0.1) is 5.82 Å². The summed E-state index contributed by atoms with van der Waals surface area (Å²) in [7, 11) is -4.16. The molecule has 0 spiro atoms. The summed E-state index contributed by atoms with van der Waals surface area (Å²) in [6.07, 6.45) is 1.17. The van der Waals surface area contributed by atoms with E-state index in [0.717, 1.165) is 17.4 Å². The van der Waals surface area contributed by atoms with Crippen molar-refractivity contribution < 1.29 is 17.6 Å². The second-order valence-corrected chi connectivity index (χ2v) is 5.95. The fourth-order valence-electron chi connectivity index (χ4n) is 1.21. The van der Waals surface area contributed by atoms with E-state index < -0.39 is 20.9 Å². The molecule has 0 saturated carbocycles. The standard InChI is InChI=1S/C10H8FN3O3S2/c1-6(15)8-5-18-10(13-8)14-19(16,17)9-7(11)3-2-4-12-9/h2-5H,1H3,(H,13,14). The van der Waals surface area contributed by atoms with Crippen LogP contribution in [0.5, 0.6) is 0 Å². The zero-order valence-electron chi connectivity index (χ0n) is 9.62. The number of pyridine rings is 1. The number of carbonyl (C=O) groups is 1. The summed E-state index contributed by atoms with van der Waals surface area (Å²) >= 11 is 0.933. The number of halogens is 1. The van der Waals surface area contributed by atoms with Gasteiger partial charge in [-0.25, -0.2) is 14.4 Å². The first-order valence-electron chi connectivity index (χ1n) is 5.00. The van der Waals surface area contributed by atoms with Gasteiger partial charge in [0.25, 0.3) is 10.0 Å². The average molecular weight is 301 g/mol. The Morgan fingerprint density at radius 1 is 1.47 bits per heavy atom. The lowest BCUT2D eigenvalue weighted by molar-refractivity contribution is 0.101. The molecule has 1 N–H and O–H groups in total. The highest BCUT2D eigenvalue weighted by Gasteiger charge is 2.22. The van der Waals surface area contributed by atoms with Gasteiger partial charge < -0.3 is 0 Å². The molecule has 0 radical (unpaired) electrons. The zero-order chi connectivity index (χ0) is 14.0. The van der Waals surface area contributed by atoms with Crippen molar-refractivity contribution in [1.82, 2.24) is 9.97 Å². The summed E-state index contributed by atoms with van der Waals surface area (Å²) in [5, 5.41) is 0.680. The first kappa shape index (κ1) is 13.6. The van der Waals surface area contributed by atoms with Crippen LogP contribution >= 0.6 is 11.3 Å². The summed E-state index contributed by atoms with van der Waals surface area (Å²) in [6.45, 7) is 1.31. The van der Waals surface area contributed by atoms with Gasteiger partial charge in [-0.05, 0) is 12.1 Å². The predicted molar refractivity (Wildman–Crippen MR) is 67.1 cm³/mol. The summed E-state index contributed by atoms with van der Waals surface area (Å²) in [5.74, 6) is -1.25. The lowest BCUT2D eigenvalue weighted by atomic mass is 10.4. The number of anilines is 1. The predicted octanol–water partition coefficient (Wildman–Crippen LogP) is 1.68. The van der Waals surface area contributed by atoms with E-state index in [1.807, 2.05) is 0 Å². The lowest BCUT2D eigenvalue weighted by Gasteiger charge is -2.04. The van der Waals surface area contributed by atoms with Crippen LogP contribution in [-0.4, -0.2) is 24.2 Å². The molecular formula is C10H8FN3O3S2. The smallest absolute Gasteiger partial charge is 0.284 e. The number of nitrogens with one attached hydrogen (secondary N) is 1. The van der Waals surface area contributed by atoms with E-state index in [9.17, 15) is 17.6 Å². The van der Waals surface area contributed by atoms with Crippen molar-refractivity contribution in [3.63, 3.8) is 0 Å². The van der Waals surface area contributed by atoms with E-state index in [4.69, 9.17) is 0 Å². The quantitative estimate of drug-likeness (QED) is 0.868. The minimum Gasteiger partial charge on any atom is -0.293 e. The van der Waals surface area contributed by atoms with Gasteiger partial charge in [0.05, 0.1) is 0 Å². The maximum Gasteiger partial charge on any atom is 0.284 e. The van der Waals surface area contributed by atoms with Crippen LogP contribution < -0.4 is 4.72 Å². The highest BCUT2D eigenvalue weighted by atomic mass is 32.2. The van der Waals surface area contributed by atoms with Gasteiger partial charge in [-0.3, -0.25) is 9.52 Å². The Bertz CT molecular complexity index is 727. The van der Waals surface area contributed by atoms with Crippen LogP contribution in [0.3, 0.4) is 0 Å². The maximum absolute atomic E-state index is 13.4. The molecule has 0 saturated heterocycles. The first-order valence-corrected chi connectivity index (χ1v) is 7.36. The number of aromatic nitrogens is 2. The molecule has 0 atom stereocenters. The fourth-order valence-corrected chi connectivity index (χ4v) is 3.23. The molecule has 9 heteroatoms. The summed E-state index contributed by atoms with van der Waals surface area (Å²) in [6, 6.07) is 2.27. The van der Waals surface area contributed by atoms with E-state index in [0.29, 0.717) is 0 Å². The van der Waals surface area contributed by atoms with Crippen molar-refractivity contribution >= 4 is 32.3 Å². The summed E-state index contributed by atoms with van der Waals surface area (Å²) in [4.78, 5) is 18.3. The molecule has 2 aromatic rings. The number of sulfonamides is 1. The number of hydrogen-bond donors (Lipinski definition) is 1. The van der Waals surface area contributed by atoms with E-state index in [1.165, 1.54) is 24.6 Å².